The van der Waals surface area contributed by atoms with E-state index >= 15 is 0 Å². The molecule has 1 atom stereocenters. The molecule has 3 N–H and O–H groups in total. The highest BCUT2D eigenvalue weighted by Gasteiger charge is 2.19. The van der Waals surface area contributed by atoms with E-state index in [-0.39, 0.29) is 6.04 Å². The highest BCUT2D eigenvalue weighted by atomic mass is 16.5. The fraction of sp³-hybridized carbons (Fsp3) is 0.333. The summed E-state index contributed by atoms with van der Waals surface area (Å²) in [5.74, 6) is 8.16. The number of nitrogens with one attached hydrogen (secondary N) is 1. The minimum absolute atomic E-state index is 0.207. The lowest BCUT2D eigenvalue weighted by atomic mass is 10.0. The van der Waals surface area contributed by atoms with Gasteiger partial charge in [0, 0.05) is 5.56 Å². The van der Waals surface area contributed by atoms with Crippen molar-refractivity contribution in [3.05, 3.63) is 53.5 Å². The second-order valence-corrected chi connectivity index (χ2v) is 4.43. The number of rotatable bonds is 6. The first-order valence-corrected chi connectivity index (χ1v) is 6.50. The number of ether oxygens (including phenoxy) is 1. The minimum atomic E-state index is -0.207. The monoisotopic (exact) mass is 260 g/mol. The quantitative estimate of drug-likeness (QED) is 0.619. The molecule has 0 radical (unpaired) electrons. The molecule has 0 aliphatic heterocycles. The summed E-state index contributed by atoms with van der Waals surface area (Å²) in [6.45, 7) is 4.68. The Balaban J connectivity index is 2.32. The van der Waals surface area contributed by atoms with E-state index in [4.69, 9.17) is 15.0 Å². The van der Waals surface area contributed by atoms with Gasteiger partial charge in [0.1, 0.15) is 23.3 Å². The lowest BCUT2D eigenvalue weighted by Crippen LogP contribution is -2.29. The van der Waals surface area contributed by atoms with Crippen molar-refractivity contribution in [1.82, 2.24) is 5.43 Å². The molecule has 0 amide bonds. The first-order chi connectivity index (χ1) is 9.26. The molecule has 0 fully saturated rings. The lowest BCUT2D eigenvalue weighted by Gasteiger charge is -2.18. The molecule has 4 heteroatoms. The standard InChI is InChI=1S/C15H20N2O2/c1-3-10-18-13-7-5-4-6-12(13)15(17-16)14-9-8-11(2)19-14/h4-9,15,17H,3,10,16H2,1-2H3. The molecule has 0 aliphatic carbocycles. The predicted octanol–water partition coefficient (Wildman–Crippen LogP) is 2.93. The number of hydrogen-bond donors (Lipinski definition) is 2. The molecule has 1 unspecified atom stereocenters. The Morgan fingerprint density at radius 2 is 2.05 bits per heavy atom. The smallest absolute Gasteiger partial charge is 0.127 e. The van der Waals surface area contributed by atoms with E-state index in [0.717, 1.165) is 29.3 Å². The van der Waals surface area contributed by atoms with Gasteiger partial charge < -0.3 is 9.15 Å². The maximum absolute atomic E-state index is 5.76. The van der Waals surface area contributed by atoms with Crippen molar-refractivity contribution >= 4 is 0 Å². The van der Waals surface area contributed by atoms with E-state index in [0.29, 0.717) is 6.61 Å². The molecule has 2 rings (SSSR count). The molecule has 1 aromatic heterocycles. The predicted molar refractivity (Wildman–Crippen MR) is 74.8 cm³/mol. The van der Waals surface area contributed by atoms with Crippen LogP contribution in [-0.2, 0) is 0 Å². The molecule has 1 aromatic carbocycles. The summed E-state index contributed by atoms with van der Waals surface area (Å²) >= 11 is 0. The van der Waals surface area contributed by atoms with Gasteiger partial charge in [0.15, 0.2) is 0 Å². The van der Waals surface area contributed by atoms with Crippen LogP contribution < -0.4 is 16.0 Å². The number of nitrogens with two attached hydrogens (primary N) is 1. The highest BCUT2D eigenvalue weighted by molar-refractivity contribution is 5.39. The number of furan rings is 1. The number of hydrogen-bond acceptors (Lipinski definition) is 4. The molecular weight excluding hydrogens is 240 g/mol. The van der Waals surface area contributed by atoms with Gasteiger partial charge in [-0.3, -0.25) is 5.84 Å². The van der Waals surface area contributed by atoms with Crippen LogP contribution in [-0.4, -0.2) is 6.61 Å². The third kappa shape index (κ3) is 3.16. The van der Waals surface area contributed by atoms with Gasteiger partial charge in [0.25, 0.3) is 0 Å². The summed E-state index contributed by atoms with van der Waals surface area (Å²) in [5, 5.41) is 0. The largest absolute Gasteiger partial charge is 0.493 e. The summed E-state index contributed by atoms with van der Waals surface area (Å²) in [4.78, 5) is 0. The van der Waals surface area contributed by atoms with Gasteiger partial charge in [-0.15, -0.1) is 0 Å². The normalized spacial score (nSPS) is 12.4. The summed E-state index contributed by atoms with van der Waals surface area (Å²) in [5.41, 5.74) is 3.77. The Morgan fingerprint density at radius 1 is 1.26 bits per heavy atom. The zero-order valence-corrected chi connectivity index (χ0v) is 11.3. The number of para-hydroxylation sites is 1. The van der Waals surface area contributed by atoms with Crippen LogP contribution in [0.4, 0.5) is 0 Å². The van der Waals surface area contributed by atoms with Crippen molar-refractivity contribution in [2.75, 3.05) is 6.61 Å². The minimum Gasteiger partial charge on any atom is -0.493 e. The molecule has 0 bridgehead atoms. The van der Waals surface area contributed by atoms with E-state index < -0.39 is 0 Å². The Hall–Kier alpha value is -1.78. The fourth-order valence-corrected chi connectivity index (χ4v) is 2.00. The van der Waals surface area contributed by atoms with Crippen LogP contribution in [0.1, 0.15) is 36.5 Å². The van der Waals surface area contributed by atoms with Gasteiger partial charge in [-0.2, -0.15) is 0 Å². The van der Waals surface area contributed by atoms with Gasteiger partial charge in [-0.1, -0.05) is 25.1 Å². The van der Waals surface area contributed by atoms with E-state index in [1.54, 1.807) is 0 Å². The topological polar surface area (TPSA) is 60.4 Å². The lowest BCUT2D eigenvalue weighted by molar-refractivity contribution is 0.309. The third-order valence-corrected chi connectivity index (χ3v) is 2.90. The van der Waals surface area contributed by atoms with Crippen LogP contribution in [0.5, 0.6) is 5.75 Å². The molecule has 19 heavy (non-hydrogen) atoms. The molecule has 0 saturated heterocycles. The van der Waals surface area contributed by atoms with Crippen LogP contribution in [0.25, 0.3) is 0 Å². The molecule has 1 heterocycles. The van der Waals surface area contributed by atoms with Crippen molar-refractivity contribution in [3.8, 4) is 5.75 Å². The molecule has 2 aromatic rings. The van der Waals surface area contributed by atoms with Crippen molar-refractivity contribution in [3.63, 3.8) is 0 Å². The zero-order valence-electron chi connectivity index (χ0n) is 11.3. The average Bonchev–Trinajstić information content (AvgIpc) is 2.85. The number of aryl methyl sites for hydroxylation is 1. The summed E-state index contributed by atoms with van der Waals surface area (Å²) in [7, 11) is 0. The summed E-state index contributed by atoms with van der Waals surface area (Å²) < 4.78 is 11.4. The Labute approximate surface area is 113 Å². The molecule has 0 aliphatic rings. The second-order valence-electron chi connectivity index (χ2n) is 4.43. The molecule has 102 valence electrons. The Morgan fingerprint density at radius 3 is 2.68 bits per heavy atom. The van der Waals surface area contributed by atoms with Crippen LogP contribution >= 0.6 is 0 Å². The van der Waals surface area contributed by atoms with E-state index in [2.05, 4.69) is 12.3 Å². The van der Waals surface area contributed by atoms with Crippen LogP contribution in [0, 0.1) is 6.92 Å². The first-order valence-electron chi connectivity index (χ1n) is 6.50. The van der Waals surface area contributed by atoms with E-state index in [9.17, 15) is 0 Å². The average molecular weight is 260 g/mol. The molecular formula is C15H20N2O2. The maximum Gasteiger partial charge on any atom is 0.127 e. The highest BCUT2D eigenvalue weighted by Crippen LogP contribution is 2.30. The van der Waals surface area contributed by atoms with Gasteiger partial charge in [-0.05, 0) is 31.5 Å². The fourth-order valence-electron chi connectivity index (χ4n) is 2.00. The zero-order chi connectivity index (χ0) is 13.7. The van der Waals surface area contributed by atoms with Crippen molar-refractivity contribution in [1.29, 1.82) is 0 Å². The van der Waals surface area contributed by atoms with Gasteiger partial charge >= 0.3 is 0 Å². The van der Waals surface area contributed by atoms with Crippen molar-refractivity contribution in [2.45, 2.75) is 26.3 Å². The molecule has 4 nitrogen and oxygen atoms in total. The Bertz CT molecular complexity index is 522. The summed E-state index contributed by atoms with van der Waals surface area (Å²) in [6, 6.07) is 11.5. The maximum atomic E-state index is 5.76. The molecule has 0 saturated carbocycles. The third-order valence-electron chi connectivity index (χ3n) is 2.90. The number of hydrazine groups is 1. The SMILES string of the molecule is CCCOc1ccccc1C(NN)c1ccc(C)o1. The Kier molecular flexibility index (Phi) is 4.60. The van der Waals surface area contributed by atoms with E-state index in [1.165, 1.54) is 0 Å². The van der Waals surface area contributed by atoms with Crippen LogP contribution in [0.15, 0.2) is 40.8 Å². The summed E-state index contributed by atoms with van der Waals surface area (Å²) in [6.07, 6.45) is 0.967. The van der Waals surface area contributed by atoms with Crippen molar-refractivity contribution < 1.29 is 9.15 Å². The second kappa shape index (κ2) is 6.41. The van der Waals surface area contributed by atoms with Gasteiger partial charge in [-0.25, -0.2) is 5.43 Å². The van der Waals surface area contributed by atoms with Gasteiger partial charge in [0.05, 0.1) is 6.61 Å². The first kappa shape index (κ1) is 13.6. The molecule has 0 spiro atoms. The van der Waals surface area contributed by atoms with Crippen LogP contribution in [0.2, 0.25) is 0 Å². The number of benzene rings is 1. The van der Waals surface area contributed by atoms with Crippen molar-refractivity contribution in [2.24, 2.45) is 5.84 Å². The van der Waals surface area contributed by atoms with Gasteiger partial charge in [0.2, 0.25) is 0 Å². The van der Waals surface area contributed by atoms with E-state index in [1.807, 2.05) is 43.3 Å². The van der Waals surface area contributed by atoms with Crippen LogP contribution in [0.3, 0.4) is 0 Å².